The van der Waals surface area contributed by atoms with E-state index < -0.39 is 10.9 Å². The molecule has 2 aromatic rings. The van der Waals surface area contributed by atoms with Gasteiger partial charge in [-0.05, 0) is 19.4 Å². The molecule has 0 amide bonds. The molecule has 0 bridgehead atoms. The SMILES string of the molecule is CCc1nc(Nc2cc([N+](=O)[O-])ccc2C(=O)O)sc1C. The molecule has 0 saturated heterocycles. The quantitative estimate of drug-likeness (QED) is 0.648. The molecule has 0 fully saturated rings. The van der Waals surface area contributed by atoms with Crippen LogP contribution in [0.25, 0.3) is 0 Å². The van der Waals surface area contributed by atoms with Gasteiger partial charge >= 0.3 is 5.97 Å². The zero-order valence-electron chi connectivity index (χ0n) is 11.4. The summed E-state index contributed by atoms with van der Waals surface area (Å²) in [4.78, 5) is 26.8. The molecular formula is C13H13N3O4S. The van der Waals surface area contributed by atoms with Crippen LogP contribution in [0.1, 0.15) is 27.9 Å². The molecule has 1 heterocycles. The highest BCUT2D eigenvalue weighted by molar-refractivity contribution is 7.15. The Hall–Kier alpha value is -2.48. The van der Waals surface area contributed by atoms with E-state index in [2.05, 4.69) is 10.3 Å². The Morgan fingerprint density at radius 2 is 2.24 bits per heavy atom. The largest absolute Gasteiger partial charge is 0.478 e. The first-order chi connectivity index (χ1) is 9.92. The number of hydrogen-bond donors (Lipinski definition) is 2. The maximum atomic E-state index is 11.2. The molecular weight excluding hydrogens is 294 g/mol. The first-order valence-corrected chi connectivity index (χ1v) is 6.99. The van der Waals surface area contributed by atoms with Gasteiger partial charge in [0.15, 0.2) is 5.13 Å². The maximum absolute atomic E-state index is 11.2. The summed E-state index contributed by atoms with van der Waals surface area (Å²) >= 11 is 1.38. The van der Waals surface area contributed by atoms with Gasteiger partial charge in [-0.15, -0.1) is 11.3 Å². The molecule has 110 valence electrons. The van der Waals surface area contributed by atoms with Crippen molar-refractivity contribution in [1.29, 1.82) is 0 Å². The third kappa shape index (κ3) is 3.16. The summed E-state index contributed by atoms with van der Waals surface area (Å²) in [5, 5.41) is 23.3. The van der Waals surface area contributed by atoms with Crippen molar-refractivity contribution in [2.24, 2.45) is 0 Å². The minimum atomic E-state index is -1.16. The number of anilines is 2. The number of carboxylic acid groups (broad SMARTS) is 1. The van der Waals surface area contributed by atoms with Crippen LogP contribution >= 0.6 is 11.3 Å². The second-order valence-electron chi connectivity index (χ2n) is 4.29. The normalized spacial score (nSPS) is 10.4. The number of non-ortho nitro benzene ring substituents is 1. The third-order valence-electron chi connectivity index (χ3n) is 2.91. The lowest BCUT2D eigenvalue weighted by molar-refractivity contribution is -0.384. The fourth-order valence-electron chi connectivity index (χ4n) is 1.86. The zero-order chi connectivity index (χ0) is 15.6. The van der Waals surface area contributed by atoms with Gasteiger partial charge in [-0.3, -0.25) is 10.1 Å². The molecule has 0 aliphatic carbocycles. The fourth-order valence-corrected chi connectivity index (χ4v) is 2.78. The van der Waals surface area contributed by atoms with Crippen molar-refractivity contribution in [3.63, 3.8) is 0 Å². The number of nitrogens with zero attached hydrogens (tertiary/aromatic N) is 2. The van der Waals surface area contributed by atoms with Crippen LogP contribution < -0.4 is 5.32 Å². The molecule has 0 aliphatic heterocycles. The lowest BCUT2D eigenvalue weighted by Crippen LogP contribution is -2.03. The Morgan fingerprint density at radius 3 is 2.76 bits per heavy atom. The van der Waals surface area contributed by atoms with Crippen molar-refractivity contribution < 1.29 is 14.8 Å². The predicted octanol–water partition coefficient (Wildman–Crippen LogP) is 3.36. The molecule has 0 saturated carbocycles. The van der Waals surface area contributed by atoms with Gasteiger partial charge in [0.25, 0.3) is 5.69 Å². The van der Waals surface area contributed by atoms with Crippen molar-refractivity contribution >= 4 is 33.8 Å². The summed E-state index contributed by atoms with van der Waals surface area (Å²) in [7, 11) is 0. The van der Waals surface area contributed by atoms with Crippen molar-refractivity contribution in [2.75, 3.05) is 5.32 Å². The van der Waals surface area contributed by atoms with E-state index in [4.69, 9.17) is 5.11 Å². The molecule has 7 nitrogen and oxygen atoms in total. The molecule has 1 aromatic carbocycles. The first kappa shape index (κ1) is 14.9. The summed E-state index contributed by atoms with van der Waals surface area (Å²) in [5.41, 5.74) is 0.871. The van der Waals surface area contributed by atoms with Gasteiger partial charge in [0.05, 0.1) is 21.9 Å². The van der Waals surface area contributed by atoms with Gasteiger partial charge < -0.3 is 10.4 Å². The van der Waals surface area contributed by atoms with E-state index in [1.165, 1.54) is 29.5 Å². The van der Waals surface area contributed by atoms with Gasteiger partial charge in [0.1, 0.15) is 0 Å². The number of aromatic carboxylic acids is 1. The van der Waals surface area contributed by atoms with E-state index in [1.807, 2.05) is 13.8 Å². The summed E-state index contributed by atoms with van der Waals surface area (Å²) in [6.45, 7) is 3.90. The van der Waals surface area contributed by atoms with Crippen LogP contribution in [0.15, 0.2) is 18.2 Å². The number of carboxylic acids is 1. The van der Waals surface area contributed by atoms with Crippen LogP contribution in [-0.2, 0) is 6.42 Å². The maximum Gasteiger partial charge on any atom is 0.337 e. The fraction of sp³-hybridized carbons (Fsp3) is 0.231. The average Bonchev–Trinajstić information content (AvgIpc) is 2.78. The minimum Gasteiger partial charge on any atom is -0.478 e. The zero-order valence-corrected chi connectivity index (χ0v) is 12.2. The van der Waals surface area contributed by atoms with E-state index >= 15 is 0 Å². The molecule has 0 spiro atoms. The van der Waals surface area contributed by atoms with Crippen molar-refractivity contribution in [3.05, 3.63) is 44.4 Å². The van der Waals surface area contributed by atoms with E-state index in [-0.39, 0.29) is 16.9 Å². The summed E-state index contributed by atoms with van der Waals surface area (Å²) in [5.74, 6) is -1.16. The van der Waals surface area contributed by atoms with Gasteiger partial charge in [0.2, 0.25) is 0 Å². The van der Waals surface area contributed by atoms with Crippen molar-refractivity contribution in [1.82, 2.24) is 4.98 Å². The smallest absolute Gasteiger partial charge is 0.337 e. The second kappa shape index (κ2) is 5.88. The lowest BCUT2D eigenvalue weighted by atomic mass is 10.1. The first-order valence-electron chi connectivity index (χ1n) is 6.17. The number of aromatic nitrogens is 1. The summed E-state index contributed by atoms with van der Waals surface area (Å²) < 4.78 is 0. The number of nitrogens with one attached hydrogen (secondary N) is 1. The number of thiazole rings is 1. The Bertz CT molecular complexity index is 711. The van der Waals surface area contributed by atoms with Crippen molar-refractivity contribution in [3.8, 4) is 0 Å². The molecule has 1 aromatic heterocycles. The number of carbonyl (C=O) groups is 1. The highest BCUT2D eigenvalue weighted by Gasteiger charge is 2.17. The van der Waals surface area contributed by atoms with Crippen LogP contribution in [0.5, 0.6) is 0 Å². The number of nitro benzene ring substituents is 1. The Labute approximate surface area is 124 Å². The highest BCUT2D eigenvalue weighted by Crippen LogP contribution is 2.29. The third-order valence-corrected chi connectivity index (χ3v) is 3.84. The Morgan fingerprint density at radius 1 is 1.52 bits per heavy atom. The van der Waals surface area contributed by atoms with Crippen LogP contribution in [0.2, 0.25) is 0 Å². The number of rotatable bonds is 5. The molecule has 8 heteroatoms. The molecule has 2 N–H and O–H groups in total. The Kier molecular flexibility index (Phi) is 4.18. The van der Waals surface area contributed by atoms with Gasteiger partial charge in [-0.2, -0.15) is 0 Å². The van der Waals surface area contributed by atoms with Gasteiger partial charge in [0, 0.05) is 17.0 Å². The standard InChI is InChI=1S/C13H13N3O4S/c1-3-10-7(2)21-13(14-10)15-11-6-8(16(19)20)4-5-9(11)12(17)18/h4-6H,3H2,1-2H3,(H,14,15)(H,17,18). The van der Waals surface area contributed by atoms with E-state index in [9.17, 15) is 14.9 Å². The minimum absolute atomic E-state index is 0.0356. The van der Waals surface area contributed by atoms with Gasteiger partial charge in [-0.25, -0.2) is 9.78 Å². The number of benzene rings is 1. The van der Waals surface area contributed by atoms with Gasteiger partial charge in [-0.1, -0.05) is 6.92 Å². The second-order valence-corrected chi connectivity index (χ2v) is 5.50. The topological polar surface area (TPSA) is 105 Å². The monoisotopic (exact) mass is 307 g/mol. The summed E-state index contributed by atoms with van der Waals surface area (Å²) in [6, 6.07) is 3.58. The molecule has 0 unspecified atom stereocenters. The number of hydrogen-bond acceptors (Lipinski definition) is 6. The number of nitro groups is 1. The van der Waals surface area contributed by atoms with Crippen LogP contribution in [0, 0.1) is 17.0 Å². The Balaban J connectivity index is 2.42. The number of aryl methyl sites for hydroxylation is 2. The van der Waals surface area contributed by atoms with E-state index in [0.717, 1.165) is 17.0 Å². The summed E-state index contributed by atoms with van der Waals surface area (Å²) in [6.07, 6.45) is 0.769. The van der Waals surface area contributed by atoms with Crippen molar-refractivity contribution in [2.45, 2.75) is 20.3 Å². The molecule has 21 heavy (non-hydrogen) atoms. The molecule has 0 radical (unpaired) electrons. The van der Waals surface area contributed by atoms with E-state index in [1.54, 1.807) is 0 Å². The lowest BCUT2D eigenvalue weighted by Gasteiger charge is -2.06. The van der Waals surface area contributed by atoms with Crippen LogP contribution in [0.3, 0.4) is 0 Å². The molecule has 0 atom stereocenters. The molecule has 0 aliphatic rings. The molecule has 2 rings (SSSR count). The van der Waals surface area contributed by atoms with Crippen LogP contribution in [-0.4, -0.2) is 21.0 Å². The average molecular weight is 307 g/mol. The van der Waals surface area contributed by atoms with Crippen LogP contribution in [0.4, 0.5) is 16.5 Å². The predicted molar refractivity (Wildman–Crippen MR) is 79.6 cm³/mol. The highest BCUT2D eigenvalue weighted by atomic mass is 32.1. The van der Waals surface area contributed by atoms with E-state index in [0.29, 0.717) is 5.13 Å².